The molecule has 6 heteroatoms. The number of halogens is 1. The van der Waals surface area contributed by atoms with Crippen LogP contribution in [0.4, 0.5) is 0 Å². The van der Waals surface area contributed by atoms with E-state index in [9.17, 15) is 9.59 Å². The first-order valence-electron chi connectivity index (χ1n) is 5.96. The van der Waals surface area contributed by atoms with E-state index in [4.69, 9.17) is 5.11 Å². The molecule has 0 saturated heterocycles. The average Bonchev–Trinajstić information content (AvgIpc) is 2.63. The zero-order valence-electron chi connectivity index (χ0n) is 11.0. The van der Waals surface area contributed by atoms with Gasteiger partial charge in [0.05, 0.1) is 18.4 Å². The van der Waals surface area contributed by atoms with Crippen molar-refractivity contribution in [3.8, 4) is 0 Å². The molecule has 4 nitrogen and oxygen atoms in total. The Hall–Kier alpha value is -0.880. The van der Waals surface area contributed by atoms with Gasteiger partial charge < -0.3 is 10.0 Å². The van der Waals surface area contributed by atoms with Gasteiger partial charge in [-0.15, -0.1) is 11.3 Å². The van der Waals surface area contributed by atoms with Gasteiger partial charge in [-0.3, -0.25) is 9.59 Å². The molecule has 19 heavy (non-hydrogen) atoms. The van der Waals surface area contributed by atoms with Crippen molar-refractivity contribution in [2.45, 2.75) is 20.4 Å². The monoisotopic (exact) mass is 345 g/mol. The molecule has 1 heterocycles. The topological polar surface area (TPSA) is 57.6 Å². The van der Waals surface area contributed by atoms with Gasteiger partial charge in [0, 0.05) is 21.8 Å². The summed E-state index contributed by atoms with van der Waals surface area (Å²) in [5.74, 6) is -1.92. The molecule has 0 unspecified atom stereocenters. The lowest BCUT2D eigenvalue weighted by atomic mass is 10.1. The van der Waals surface area contributed by atoms with Crippen molar-refractivity contribution >= 4 is 39.1 Å². The number of aliphatic carboxylic acids is 1. The van der Waals surface area contributed by atoms with Crippen LogP contribution in [0.3, 0.4) is 0 Å². The summed E-state index contributed by atoms with van der Waals surface area (Å²) in [6.45, 7) is 4.20. The molecule has 1 amide bonds. The fourth-order valence-corrected chi connectivity index (χ4v) is 4.05. The average molecular weight is 346 g/mol. The number of carbonyl (C=O) groups excluding carboxylic acids is 1. The van der Waals surface area contributed by atoms with Gasteiger partial charge >= 0.3 is 5.97 Å². The maximum Gasteiger partial charge on any atom is 0.307 e. The second kappa shape index (κ2) is 4.90. The largest absolute Gasteiger partial charge is 0.481 e. The molecule has 1 saturated carbocycles. The molecule has 0 aliphatic heterocycles. The van der Waals surface area contributed by atoms with Crippen LogP contribution in [0.25, 0.3) is 0 Å². The Kier molecular flexibility index (Phi) is 3.75. The van der Waals surface area contributed by atoms with E-state index in [-0.39, 0.29) is 5.91 Å². The fraction of sp³-hybridized carbons (Fsp3) is 0.538. The van der Waals surface area contributed by atoms with E-state index in [1.807, 2.05) is 25.3 Å². The zero-order chi connectivity index (χ0) is 14.4. The van der Waals surface area contributed by atoms with E-state index in [0.717, 1.165) is 9.35 Å². The number of thiophene rings is 1. The normalized spacial score (nSPS) is 24.0. The third kappa shape index (κ3) is 2.69. The molecular formula is C13H16BrNO3S. The summed E-state index contributed by atoms with van der Waals surface area (Å²) in [6, 6.07) is 1.97. The number of carbonyl (C=O) groups is 2. The number of hydrogen-bond donors (Lipinski definition) is 1. The molecule has 0 aromatic carbocycles. The molecule has 1 aromatic rings. The summed E-state index contributed by atoms with van der Waals surface area (Å²) in [4.78, 5) is 26.1. The number of amides is 1. The SMILES string of the molecule is CN(Cc1cc(Br)cs1)C(=O)[C@@H]1[C@H](C(=O)O)C1(C)C. The summed E-state index contributed by atoms with van der Waals surface area (Å²) < 4.78 is 1.00. The van der Waals surface area contributed by atoms with Gasteiger partial charge in [0.1, 0.15) is 0 Å². The minimum absolute atomic E-state index is 0.0816. The van der Waals surface area contributed by atoms with Gasteiger partial charge in [-0.1, -0.05) is 13.8 Å². The van der Waals surface area contributed by atoms with E-state index in [1.54, 1.807) is 23.3 Å². The summed E-state index contributed by atoms with van der Waals surface area (Å²) in [5.41, 5.74) is -0.437. The number of carboxylic acids is 1. The Balaban J connectivity index is 2.03. The summed E-state index contributed by atoms with van der Waals surface area (Å²) >= 11 is 4.95. The van der Waals surface area contributed by atoms with Crippen molar-refractivity contribution in [2.75, 3.05) is 7.05 Å². The van der Waals surface area contributed by atoms with Crippen LogP contribution in [0, 0.1) is 17.3 Å². The molecule has 1 aliphatic carbocycles. The van der Waals surface area contributed by atoms with Crippen LogP contribution in [0.2, 0.25) is 0 Å². The molecule has 0 radical (unpaired) electrons. The summed E-state index contributed by atoms with van der Waals surface area (Å²) in [5, 5.41) is 11.1. The molecular weight excluding hydrogens is 330 g/mol. The van der Waals surface area contributed by atoms with Crippen LogP contribution in [0.15, 0.2) is 15.9 Å². The van der Waals surface area contributed by atoms with Crippen LogP contribution in [-0.2, 0) is 16.1 Å². The first kappa shape index (κ1) is 14.5. The van der Waals surface area contributed by atoms with E-state index in [0.29, 0.717) is 6.54 Å². The van der Waals surface area contributed by atoms with E-state index in [2.05, 4.69) is 15.9 Å². The van der Waals surface area contributed by atoms with E-state index >= 15 is 0 Å². The molecule has 1 aromatic heterocycles. The van der Waals surface area contributed by atoms with Crippen LogP contribution in [0.1, 0.15) is 18.7 Å². The summed E-state index contributed by atoms with van der Waals surface area (Å²) in [7, 11) is 1.73. The van der Waals surface area contributed by atoms with Crippen molar-refractivity contribution in [1.29, 1.82) is 0 Å². The third-order valence-electron chi connectivity index (χ3n) is 3.75. The number of carboxylic acid groups (broad SMARTS) is 1. The predicted octanol–water partition coefficient (Wildman–Crippen LogP) is 2.83. The molecule has 0 bridgehead atoms. The Labute approximate surface area is 124 Å². The van der Waals surface area contributed by atoms with Gasteiger partial charge in [-0.25, -0.2) is 0 Å². The first-order chi connectivity index (χ1) is 8.75. The quantitative estimate of drug-likeness (QED) is 0.912. The van der Waals surface area contributed by atoms with Crippen LogP contribution < -0.4 is 0 Å². The van der Waals surface area contributed by atoms with Crippen molar-refractivity contribution in [3.63, 3.8) is 0 Å². The smallest absolute Gasteiger partial charge is 0.307 e. The van der Waals surface area contributed by atoms with Crippen LogP contribution >= 0.6 is 27.3 Å². The maximum absolute atomic E-state index is 12.3. The minimum atomic E-state index is -0.879. The minimum Gasteiger partial charge on any atom is -0.481 e. The molecule has 1 fully saturated rings. The number of rotatable bonds is 4. The molecule has 104 valence electrons. The highest BCUT2D eigenvalue weighted by atomic mass is 79.9. The molecule has 0 spiro atoms. The van der Waals surface area contributed by atoms with Crippen molar-refractivity contribution < 1.29 is 14.7 Å². The second-order valence-corrected chi connectivity index (χ2v) is 7.45. The number of hydrogen-bond acceptors (Lipinski definition) is 3. The van der Waals surface area contributed by atoms with Crippen LogP contribution in [-0.4, -0.2) is 28.9 Å². The first-order valence-corrected chi connectivity index (χ1v) is 7.63. The summed E-state index contributed by atoms with van der Waals surface area (Å²) in [6.07, 6.45) is 0. The molecule has 2 atom stereocenters. The third-order valence-corrected chi connectivity index (χ3v) is 5.43. The Morgan fingerprint density at radius 3 is 2.53 bits per heavy atom. The second-order valence-electron chi connectivity index (χ2n) is 5.54. The fourth-order valence-electron chi connectivity index (χ4n) is 2.55. The zero-order valence-corrected chi connectivity index (χ0v) is 13.4. The lowest BCUT2D eigenvalue weighted by Crippen LogP contribution is -2.29. The highest BCUT2D eigenvalue weighted by Crippen LogP contribution is 2.59. The standard InChI is InChI=1S/C13H16BrNO3S/c1-13(2)9(10(13)12(17)18)11(16)15(3)5-8-4-7(14)6-19-8/h4,6,9-10H,5H2,1-3H3,(H,17,18)/t9-,10+/m0/s1. The number of nitrogens with zero attached hydrogens (tertiary/aromatic N) is 1. The van der Waals surface area contributed by atoms with Gasteiger partial charge in [0.2, 0.25) is 5.91 Å². The Morgan fingerprint density at radius 1 is 1.47 bits per heavy atom. The predicted molar refractivity (Wildman–Crippen MR) is 76.9 cm³/mol. The Bertz CT molecular complexity index is 526. The molecule has 1 aliphatic rings. The van der Waals surface area contributed by atoms with Gasteiger partial charge in [-0.2, -0.15) is 0 Å². The van der Waals surface area contributed by atoms with Gasteiger partial charge in [0.25, 0.3) is 0 Å². The molecule has 1 N–H and O–H groups in total. The van der Waals surface area contributed by atoms with Crippen molar-refractivity contribution in [2.24, 2.45) is 17.3 Å². The van der Waals surface area contributed by atoms with Gasteiger partial charge in [-0.05, 0) is 27.4 Å². The lowest BCUT2D eigenvalue weighted by molar-refractivity contribution is -0.141. The van der Waals surface area contributed by atoms with Crippen LogP contribution in [0.5, 0.6) is 0 Å². The highest BCUT2D eigenvalue weighted by molar-refractivity contribution is 9.10. The molecule has 2 rings (SSSR count). The van der Waals surface area contributed by atoms with E-state index < -0.39 is 23.2 Å². The van der Waals surface area contributed by atoms with Crippen molar-refractivity contribution in [1.82, 2.24) is 4.90 Å². The maximum atomic E-state index is 12.3. The highest BCUT2D eigenvalue weighted by Gasteiger charge is 2.66. The van der Waals surface area contributed by atoms with Crippen molar-refractivity contribution in [3.05, 3.63) is 20.8 Å². The van der Waals surface area contributed by atoms with Gasteiger partial charge in [0.15, 0.2) is 0 Å². The lowest BCUT2D eigenvalue weighted by Gasteiger charge is -2.17. The van der Waals surface area contributed by atoms with E-state index in [1.165, 1.54) is 0 Å². The Morgan fingerprint density at radius 2 is 2.11 bits per heavy atom.